The van der Waals surface area contributed by atoms with Crippen LogP contribution < -0.4 is 15.1 Å². The Hall–Kier alpha value is -3.24. The number of carbonyl (C=O) groups excluding carboxylic acids is 1. The van der Waals surface area contributed by atoms with E-state index in [4.69, 9.17) is 9.47 Å². The Labute approximate surface area is 184 Å². The molecule has 2 aliphatic heterocycles. The van der Waals surface area contributed by atoms with Gasteiger partial charge in [0.25, 0.3) is 5.69 Å². The lowest BCUT2D eigenvalue weighted by molar-refractivity contribution is -0.384. The molecule has 0 radical (unpaired) electrons. The van der Waals surface area contributed by atoms with E-state index in [1.54, 1.807) is 24.3 Å². The number of benzene rings is 2. The lowest BCUT2D eigenvalue weighted by atomic mass is 10.1. The van der Waals surface area contributed by atoms with Crippen LogP contribution >= 0.6 is 0 Å². The minimum atomic E-state index is -0.529. The third-order valence-electron chi connectivity index (χ3n) is 5.70. The Kier molecular flexibility index (Phi) is 6.52. The van der Waals surface area contributed by atoms with Gasteiger partial charge in [0.15, 0.2) is 0 Å². The van der Waals surface area contributed by atoms with Crippen molar-refractivity contribution in [2.75, 3.05) is 49.2 Å². The summed E-state index contributed by atoms with van der Waals surface area (Å²) in [5.41, 5.74) is 1.73. The molecule has 0 bridgehead atoms. The number of halogens is 1. The van der Waals surface area contributed by atoms with Crippen LogP contribution in [-0.4, -0.2) is 56.5 Å². The number of morpholine rings is 1. The first-order valence-electron chi connectivity index (χ1n) is 10.5. The summed E-state index contributed by atoms with van der Waals surface area (Å²) in [7, 11) is 0. The highest BCUT2D eigenvalue weighted by Gasteiger charge is 2.33. The number of hydrogen-bond donors (Lipinski definition) is 1. The summed E-state index contributed by atoms with van der Waals surface area (Å²) in [6, 6.07) is 11.0. The largest absolute Gasteiger partial charge is 0.443 e. The van der Waals surface area contributed by atoms with E-state index in [1.165, 1.54) is 23.1 Å². The third kappa shape index (κ3) is 4.81. The molecule has 170 valence electrons. The molecule has 0 aliphatic carbocycles. The normalized spacial score (nSPS) is 19.7. The smallest absolute Gasteiger partial charge is 0.414 e. The first-order chi connectivity index (χ1) is 15.4. The van der Waals surface area contributed by atoms with Crippen molar-refractivity contribution in [1.82, 2.24) is 5.32 Å². The SMILES string of the molecule is C[C@H](NC[C@@H]1CN(c2ccc(N3CCOCC3)c(F)c2)C(=O)O1)c1cccc([N+](=O)[O-])c1. The van der Waals surface area contributed by atoms with Gasteiger partial charge in [-0.1, -0.05) is 12.1 Å². The average Bonchev–Trinajstić information content (AvgIpc) is 3.18. The van der Waals surface area contributed by atoms with Gasteiger partial charge in [-0.3, -0.25) is 15.0 Å². The number of nitrogens with one attached hydrogen (secondary N) is 1. The van der Waals surface area contributed by atoms with Crippen molar-refractivity contribution in [3.8, 4) is 0 Å². The lowest BCUT2D eigenvalue weighted by Gasteiger charge is -2.29. The molecule has 2 aliphatic rings. The van der Waals surface area contributed by atoms with E-state index < -0.39 is 22.9 Å². The minimum absolute atomic E-state index is 0.0252. The van der Waals surface area contributed by atoms with E-state index >= 15 is 0 Å². The summed E-state index contributed by atoms with van der Waals surface area (Å²) >= 11 is 0. The number of rotatable bonds is 7. The van der Waals surface area contributed by atoms with E-state index in [2.05, 4.69) is 5.32 Å². The zero-order valence-electron chi connectivity index (χ0n) is 17.7. The Balaban J connectivity index is 1.36. The van der Waals surface area contributed by atoms with E-state index in [0.717, 1.165) is 5.56 Å². The third-order valence-corrected chi connectivity index (χ3v) is 5.70. The van der Waals surface area contributed by atoms with E-state index in [0.29, 0.717) is 44.2 Å². The number of nitrogens with zero attached hydrogens (tertiary/aromatic N) is 3. The van der Waals surface area contributed by atoms with Crippen LogP contribution in [0.4, 0.5) is 26.2 Å². The van der Waals surface area contributed by atoms with Gasteiger partial charge < -0.3 is 19.7 Å². The van der Waals surface area contributed by atoms with Gasteiger partial charge in [0.2, 0.25) is 0 Å². The maximum Gasteiger partial charge on any atom is 0.414 e. The predicted molar refractivity (Wildman–Crippen MR) is 117 cm³/mol. The molecule has 10 heteroatoms. The van der Waals surface area contributed by atoms with E-state index in [9.17, 15) is 19.3 Å². The summed E-state index contributed by atoms with van der Waals surface area (Å²) in [6.07, 6.45) is -0.955. The maximum atomic E-state index is 14.7. The molecule has 2 aromatic carbocycles. The van der Waals surface area contributed by atoms with Gasteiger partial charge in [-0.15, -0.1) is 0 Å². The molecule has 1 amide bonds. The molecule has 0 spiro atoms. The number of nitro benzene ring substituents is 1. The topological polar surface area (TPSA) is 97.2 Å². The summed E-state index contributed by atoms with van der Waals surface area (Å²) in [5, 5.41) is 14.2. The second-order valence-electron chi connectivity index (χ2n) is 7.83. The second-order valence-corrected chi connectivity index (χ2v) is 7.83. The molecule has 0 unspecified atom stereocenters. The Morgan fingerprint density at radius 2 is 2.03 bits per heavy atom. The predicted octanol–water partition coefficient (Wildman–Crippen LogP) is 3.25. The number of anilines is 2. The quantitative estimate of drug-likeness (QED) is 0.517. The van der Waals surface area contributed by atoms with Gasteiger partial charge in [-0.25, -0.2) is 9.18 Å². The molecule has 2 atom stereocenters. The molecule has 2 aromatic rings. The number of carbonyl (C=O) groups is 1. The monoisotopic (exact) mass is 444 g/mol. The number of ether oxygens (including phenoxy) is 2. The highest BCUT2D eigenvalue weighted by molar-refractivity contribution is 5.90. The van der Waals surface area contributed by atoms with Crippen LogP contribution in [0.5, 0.6) is 0 Å². The molecule has 2 heterocycles. The van der Waals surface area contributed by atoms with E-state index in [1.807, 2.05) is 11.8 Å². The summed E-state index contributed by atoms with van der Waals surface area (Å²) in [6.45, 7) is 4.89. The van der Waals surface area contributed by atoms with Crippen LogP contribution in [0.15, 0.2) is 42.5 Å². The van der Waals surface area contributed by atoms with Gasteiger partial charge >= 0.3 is 6.09 Å². The Bertz CT molecular complexity index is 998. The van der Waals surface area contributed by atoms with Crippen LogP contribution in [0.1, 0.15) is 18.5 Å². The fourth-order valence-corrected chi connectivity index (χ4v) is 3.90. The molecule has 0 saturated carbocycles. The van der Waals surface area contributed by atoms with Crippen molar-refractivity contribution in [2.45, 2.75) is 19.1 Å². The van der Waals surface area contributed by atoms with Crippen LogP contribution in [-0.2, 0) is 9.47 Å². The summed E-state index contributed by atoms with van der Waals surface area (Å²) in [4.78, 5) is 26.2. The molecule has 9 nitrogen and oxygen atoms in total. The van der Waals surface area contributed by atoms with Crippen LogP contribution in [0.2, 0.25) is 0 Å². The fourth-order valence-electron chi connectivity index (χ4n) is 3.90. The van der Waals surface area contributed by atoms with Gasteiger partial charge in [-0.05, 0) is 30.7 Å². The molecule has 2 saturated heterocycles. The second kappa shape index (κ2) is 9.49. The van der Waals surface area contributed by atoms with Gasteiger partial charge in [-0.2, -0.15) is 0 Å². The first kappa shape index (κ1) is 22.0. The minimum Gasteiger partial charge on any atom is -0.443 e. The number of amides is 1. The maximum absolute atomic E-state index is 14.7. The van der Waals surface area contributed by atoms with Crippen molar-refractivity contribution in [3.63, 3.8) is 0 Å². The Morgan fingerprint density at radius 3 is 2.75 bits per heavy atom. The fraction of sp³-hybridized carbons (Fsp3) is 0.409. The van der Waals surface area contributed by atoms with Crippen molar-refractivity contribution in [2.24, 2.45) is 0 Å². The van der Waals surface area contributed by atoms with Gasteiger partial charge in [0, 0.05) is 37.8 Å². The highest BCUT2D eigenvalue weighted by Crippen LogP contribution is 2.28. The molecule has 1 N–H and O–H groups in total. The number of non-ortho nitro benzene ring substituents is 1. The lowest BCUT2D eigenvalue weighted by Crippen LogP contribution is -2.36. The molecule has 0 aromatic heterocycles. The molecule has 2 fully saturated rings. The van der Waals surface area contributed by atoms with Crippen LogP contribution in [0.25, 0.3) is 0 Å². The van der Waals surface area contributed by atoms with Crippen LogP contribution in [0.3, 0.4) is 0 Å². The molecular weight excluding hydrogens is 419 g/mol. The van der Waals surface area contributed by atoms with Crippen molar-refractivity contribution in [3.05, 3.63) is 64.0 Å². The number of hydrogen-bond acceptors (Lipinski definition) is 7. The summed E-state index contributed by atoms with van der Waals surface area (Å²) < 4.78 is 25.5. The number of nitro groups is 1. The van der Waals surface area contributed by atoms with Gasteiger partial charge in [0.1, 0.15) is 11.9 Å². The zero-order chi connectivity index (χ0) is 22.7. The molecule has 4 rings (SSSR count). The molecule has 32 heavy (non-hydrogen) atoms. The Morgan fingerprint density at radius 1 is 1.25 bits per heavy atom. The van der Waals surface area contributed by atoms with Crippen molar-refractivity contribution in [1.29, 1.82) is 0 Å². The average molecular weight is 444 g/mol. The first-order valence-corrected chi connectivity index (χ1v) is 10.5. The summed E-state index contributed by atoms with van der Waals surface area (Å²) in [5.74, 6) is -0.391. The van der Waals surface area contributed by atoms with E-state index in [-0.39, 0.29) is 18.3 Å². The number of cyclic esters (lactones) is 1. The van der Waals surface area contributed by atoms with Crippen LogP contribution in [0, 0.1) is 15.9 Å². The van der Waals surface area contributed by atoms with Gasteiger partial charge in [0.05, 0.1) is 36.1 Å². The van der Waals surface area contributed by atoms with Crippen molar-refractivity contribution < 1.29 is 23.6 Å². The standard InChI is InChI=1S/C22H25FN4O5/c1-15(16-3-2-4-18(11-16)27(29)30)24-13-19-14-26(22(28)32-19)17-5-6-21(20(23)12-17)25-7-9-31-10-8-25/h2-6,11-12,15,19,24H,7-10,13-14H2,1H3/t15-,19+/m0/s1. The zero-order valence-corrected chi connectivity index (χ0v) is 17.7. The highest BCUT2D eigenvalue weighted by atomic mass is 19.1. The van der Waals surface area contributed by atoms with Crippen molar-refractivity contribution >= 4 is 23.2 Å². The molecular formula is C22H25FN4O5.